The molecule has 4 heteroatoms. The Labute approximate surface area is 115 Å². The zero-order valence-electron chi connectivity index (χ0n) is 12.0. The first-order chi connectivity index (χ1) is 8.35. The average Bonchev–Trinajstić information content (AvgIpc) is 2.63. The fourth-order valence-electron chi connectivity index (χ4n) is 2.86. The lowest BCUT2D eigenvalue weighted by Crippen LogP contribution is -2.23. The van der Waals surface area contributed by atoms with E-state index in [-0.39, 0.29) is 0 Å². The van der Waals surface area contributed by atoms with Crippen LogP contribution in [0.2, 0.25) is 5.15 Å². The fourth-order valence-corrected chi connectivity index (χ4v) is 2.99. The van der Waals surface area contributed by atoms with E-state index in [0.29, 0.717) is 23.2 Å². The van der Waals surface area contributed by atoms with Crippen LogP contribution in [-0.2, 0) is 7.05 Å². The number of nitrogens with one attached hydrogen (secondary N) is 1. The molecule has 0 saturated heterocycles. The maximum absolute atomic E-state index is 6.07. The zero-order valence-corrected chi connectivity index (χ0v) is 12.8. The number of aromatic nitrogens is 2. The summed E-state index contributed by atoms with van der Waals surface area (Å²) in [5.41, 5.74) is 0.326. The van der Waals surface area contributed by atoms with E-state index in [1.165, 1.54) is 0 Å². The van der Waals surface area contributed by atoms with Crippen molar-refractivity contribution in [3.8, 4) is 0 Å². The van der Waals surface area contributed by atoms with Crippen LogP contribution in [0.5, 0.6) is 0 Å². The van der Waals surface area contributed by atoms with Crippen LogP contribution in [0.15, 0.2) is 6.20 Å². The van der Waals surface area contributed by atoms with Gasteiger partial charge >= 0.3 is 0 Å². The first-order valence-corrected chi connectivity index (χ1v) is 7.11. The minimum Gasteiger partial charge on any atom is -0.322 e. The van der Waals surface area contributed by atoms with E-state index >= 15 is 0 Å². The van der Waals surface area contributed by atoms with Gasteiger partial charge in [0.2, 0.25) is 0 Å². The quantitative estimate of drug-likeness (QED) is 0.890. The van der Waals surface area contributed by atoms with Gasteiger partial charge in [0.1, 0.15) is 11.0 Å². The normalized spacial score (nSPS) is 25.7. The van der Waals surface area contributed by atoms with E-state index in [2.05, 4.69) is 38.0 Å². The third kappa shape index (κ3) is 2.43. The van der Waals surface area contributed by atoms with Gasteiger partial charge in [0.25, 0.3) is 0 Å². The summed E-state index contributed by atoms with van der Waals surface area (Å²) in [4.78, 5) is 4.47. The van der Waals surface area contributed by atoms with Crippen LogP contribution in [0, 0.1) is 17.3 Å². The zero-order chi connectivity index (χ0) is 13.5. The molecule has 3 nitrogen and oxygen atoms in total. The number of imidazole rings is 1. The van der Waals surface area contributed by atoms with E-state index in [0.717, 1.165) is 24.1 Å². The highest BCUT2D eigenvalue weighted by atomic mass is 35.5. The Morgan fingerprint density at radius 1 is 1.50 bits per heavy atom. The van der Waals surface area contributed by atoms with E-state index in [1.54, 1.807) is 6.20 Å². The van der Waals surface area contributed by atoms with Gasteiger partial charge in [0, 0.05) is 13.0 Å². The molecule has 0 aromatic carbocycles. The second-order valence-corrected chi connectivity index (χ2v) is 6.84. The number of hydrogen-bond donors (Lipinski definition) is 1. The maximum Gasteiger partial charge on any atom is 0.128 e. The molecule has 1 aliphatic rings. The number of rotatable bonds is 5. The van der Waals surface area contributed by atoms with Crippen molar-refractivity contribution in [1.82, 2.24) is 14.9 Å². The summed E-state index contributed by atoms with van der Waals surface area (Å²) in [6.45, 7) is 11.3. The summed E-state index contributed by atoms with van der Waals surface area (Å²) in [5, 5.41) is 4.28. The summed E-state index contributed by atoms with van der Waals surface area (Å²) in [7, 11) is 2.00. The molecule has 0 aliphatic heterocycles. The third-order valence-corrected chi connectivity index (χ3v) is 4.56. The van der Waals surface area contributed by atoms with Gasteiger partial charge in [0.05, 0.1) is 6.20 Å². The summed E-state index contributed by atoms with van der Waals surface area (Å²) in [5.74, 6) is 3.01. The van der Waals surface area contributed by atoms with Gasteiger partial charge in [0.15, 0.2) is 0 Å². The molecular formula is C14H24ClN3. The van der Waals surface area contributed by atoms with Crippen molar-refractivity contribution in [1.29, 1.82) is 0 Å². The lowest BCUT2D eigenvalue weighted by molar-refractivity contribution is 0.487. The molecule has 0 spiro atoms. The molecular weight excluding hydrogens is 246 g/mol. The first-order valence-electron chi connectivity index (χ1n) is 6.73. The molecule has 2 unspecified atom stereocenters. The van der Waals surface area contributed by atoms with Gasteiger partial charge in [-0.05, 0) is 30.3 Å². The number of hydrogen-bond acceptors (Lipinski definition) is 2. The van der Waals surface area contributed by atoms with Crippen LogP contribution in [0.4, 0.5) is 0 Å². The Kier molecular flexibility index (Phi) is 3.75. The van der Waals surface area contributed by atoms with Crippen molar-refractivity contribution in [3.63, 3.8) is 0 Å². The molecule has 0 bridgehead atoms. The molecule has 1 heterocycles. The Hall–Kier alpha value is -0.540. The first kappa shape index (κ1) is 13.9. The monoisotopic (exact) mass is 269 g/mol. The van der Waals surface area contributed by atoms with Gasteiger partial charge < -0.3 is 9.88 Å². The molecule has 0 radical (unpaired) electrons. The Balaban J connectivity index is 2.00. The van der Waals surface area contributed by atoms with E-state index in [1.807, 2.05) is 11.6 Å². The highest BCUT2D eigenvalue weighted by Gasteiger charge is 2.59. The summed E-state index contributed by atoms with van der Waals surface area (Å²) < 4.78 is 2.01. The summed E-state index contributed by atoms with van der Waals surface area (Å²) in [6, 6.07) is 0. The lowest BCUT2D eigenvalue weighted by Gasteiger charge is -2.07. The predicted molar refractivity (Wildman–Crippen MR) is 75.9 cm³/mol. The van der Waals surface area contributed by atoms with Gasteiger partial charge in [-0.2, -0.15) is 0 Å². The topological polar surface area (TPSA) is 29.9 Å². The summed E-state index contributed by atoms with van der Waals surface area (Å²) >= 11 is 6.07. The van der Waals surface area contributed by atoms with Gasteiger partial charge in [-0.25, -0.2) is 4.98 Å². The molecule has 2 atom stereocenters. The van der Waals surface area contributed by atoms with Crippen molar-refractivity contribution in [2.24, 2.45) is 24.3 Å². The standard InChI is InChI=1S/C14H24ClN3/c1-9(2)6-16-7-10-12(14(10,3)4)13-17-8-11(15)18(13)5/h8-10,12,16H,6-7H2,1-5H3. The molecule has 18 heavy (non-hydrogen) atoms. The smallest absolute Gasteiger partial charge is 0.128 e. The van der Waals surface area contributed by atoms with Gasteiger partial charge in [-0.15, -0.1) is 0 Å². The van der Waals surface area contributed by atoms with E-state index in [9.17, 15) is 0 Å². The number of nitrogens with zero attached hydrogens (tertiary/aromatic N) is 2. The molecule has 1 saturated carbocycles. The Bertz CT molecular complexity index is 423. The van der Waals surface area contributed by atoms with Gasteiger partial charge in [-0.3, -0.25) is 0 Å². The van der Waals surface area contributed by atoms with E-state index in [4.69, 9.17) is 11.6 Å². The van der Waals surface area contributed by atoms with Crippen molar-refractivity contribution in [2.45, 2.75) is 33.6 Å². The van der Waals surface area contributed by atoms with Crippen LogP contribution >= 0.6 is 11.6 Å². The molecule has 1 aliphatic carbocycles. The average molecular weight is 270 g/mol. The molecule has 0 amide bonds. The summed E-state index contributed by atoms with van der Waals surface area (Å²) in [6.07, 6.45) is 1.75. The maximum atomic E-state index is 6.07. The fraction of sp³-hybridized carbons (Fsp3) is 0.786. The minimum atomic E-state index is 0.326. The van der Waals surface area contributed by atoms with Crippen LogP contribution in [-0.4, -0.2) is 22.6 Å². The predicted octanol–water partition coefficient (Wildman–Crippen LogP) is 3.06. The van der Waals surface area contributed by atoms with Crippen LogP contribution in [0.25, 0.3) is 0 Å². The molecule has 1 fully saturated rings. The Morgan fingerprint density at radius 3 is 2.67 bits per heavy atom. The van der Waals surface area contributed by atoms with Crippen LogP contribution in [0.1, 0.15) is 39.4 Å². The van der Waals surface area contributed by atoms with E-state index < -0.39 is 0 Å². The van der Waals surface area contributed by atoms with Crippen LogP contribution < -0.4 is 5.32 Å². The SMILES string of the molecule is CC(C)CNCC1C(c2ncc(Cl)n2C)C1(C)C. The van der Waals surface area contributed by atoms with Gasteiger partial charge in [-0.1, -0.05) is 39.3 Å². The molecule has 102 valence electrons. The largest absolute Gasteiger partial charge is 0.322 e. The van der Waals surface area contributed by atoms with Crippen LogP contribution in [0.3, 0.4) is 0 Å². The molecule has 1 aromatic heterocycles. The van der Waals surface area contributed by atoms with Crippen molar-refractivity contribution in [3.05, 3.63) is 17.2 Å². The molecule has 1 aromatic rings. The minimum absolute atomic E-state index is 0.326. The second kappa shape index (κ2) is 4.86. The molecule has 1 N–H and O–H groups in total. The lowest BCUT2D eigenvalue weighted by atomic mass is 10.1. The van der Waals surface area contributed by atoms with Crippen molar-refractivity contribution >= 4 is 11.6 Å². The highest BCUT2D eigenvalue weighted by molar-refractivity contribution is 6.29. The van der Waals surface area contributed by atoms with Crippen molar-refractivity contribution in [2.75, 3.05) is 13.1 Å². The Morgan fingerprint density at radius 2 is 2.17 bits per heavy atom. The van der Waals surface area contributed by atoms with Crippen molar-refractivity contribution < 1.29 is 0 Å². The molecule has 2 rings (SSSR count). The third-order valence-electron chi connectivity index (χ3n) is 4.21. The highest BCUT2D eigenvalue weighted by Crippen LogP contribution is 2.63. The second-order valence-electron chi connectivity index (χ2n) is 6.46. The number of halogens is 1.